The molecule has 4 N–H and O–H groups in total. The summed E-state index contributed by atoms with van der Waals surface area (Å²) in [5, 5.41) is 32.7. The quantitative estimate of drug-likeness (QED) is 0.585. The van der Waals surface area contributed by atoms with E-state index in [2.05, 4.69) is 5.32 Å². The van der Waals surface area contributed by atoms with Gasteiger partial charge in [0.1, 0.15) is 24.4 Å². The molecular weight excluding hydrogens is 350 g/mol. The van der Waals surface area contributed by atoms with Crippen molar-refractivity contribution >= 4 is 5.91 Å². The Kier molecular flexibility index (Phi) is 6.54. The number of carbonyl (C=O) groups is 1. The molecule has 0 aromatic heterocycles. The summed E-state index contributed by atoms with van der Waals surface area (Å²) in [6, 6.07) is 16.9. The second-order valence-corrected chi connectivity index (χ2v) is 6.37. The van der Waals surface area contributed by atoms with Crippen LogP contribution in [-0.2, 0) is 16.1 Å². The lowest BCUT2D eigenvalue weighted by atomic mass is 9.96. The zero-order valence-corrected chi connectivity index (χ0v) is 14.6. The monoisotopic (exact) mass is 373 g/mol. The van der Waals surface area contributed by atoms with Crippen LogP contribution in [0.4, 0.5) is 0 Å². The molecule has 7 heteroatoms. The molecule has 0 bridgehead atoms. The number of aliphatic hydroxyl groups excluding tert-OH is 3. The maximum atomic E-state index is 12.5. The summed E-state index contributed by atoms with van der Waals surface area (Å²) in [5.74, 6) is -0.425. The number of nitrogens with one attached hydrogen (secondary N) is 1. The van der Waals surface area contributed by atoms with Crippen molar-refractivity contribution in [1.29, 1.82) is 0 Å². The molecule has 3 rings (SSSR count). The van der Waals surface area contributed by atoms with Crippen molar-refractivity contribution < 1.29 is 29.6 Å². The lowest BCUT2D eigenvalue weighted by molar-refractivity contribution is -0.272. The van der Waals surface area contributed by atoms with E-state index in [0.717, 1.165) is 5.56 Å². The molecule has 1 aliphatic heterocycles. The van der Waals surface area contributed by atoms with Crippen LogP contribution in [0.25, 0.3) is 0 Å². The molecular formula is C20H23NO6. The Balaban J connectivity index is 1.74. The summed E-state index contributed by atoms with van der Waals surface area (Å²) in [6.07, 6.45) is -4.75. The minimum atomic E-state index is -1.36. The normalized spacial score (nSPS) is 27.9. The highest BCUT2D eigenvalue weighted by molar-refractivity contribution is 5.94. The summed E-state index contributed by atoms with van der Waals surface area (Å²) in [6.45, 7) is -0.299. The van der Waals surface area contributed by atoms with Crippen LogP contribution in [0.15, 0.2) is 60.7 Å². The van der Waals surface area contributed by atoms with Gasteiger partial charge < -0.3 is 30.1 Å². The van der Waals surface area contributed by atoms with Crippen LogP contribution in [0.3, 0.4) is 0 Å². The van der Waals surface area contributed by atoms with Gasteiger partial charge in [-0.15, -0.1) is 0 Å². The fraction of sp³-hybridized carbons (Fsp3) is 0.350. The van der Waals surface area contributed by atoms with Crippen molar-refractivity contribution in [1.82, 2.24) is 5.32 Å². The molecule has 1 aliphatic rings. The average molecular weight is 373 g/mol. The Bertz CT molecular complexity index is 726. The molecule has 144 valence electrons. The van der Waals surface area contributed by atoms with Gasteiger partial charge >= 0.3 is 0 Å². The number of hydrogen-bond acceptors (Lipinski definition) is 6. The standard InChI is InChI=1S/C20H23NO6/c22-11-15-17(23)18(24)16(21-19(25)14-9-5-2-6-10-14)20(27-15)26-12-13-7-3-1-4-8-13/h1-10,15-18,20,22-24H,11-12H2,(H,21,25). The van der Waals surface area contributed by atoms with Gasteiger partial charge in [0.05, 0.1) is 13.2 Å². The van der Waals surface area contributed by atoms with Gasteiger partial charge in [-0.1, -0.05) is 48.5 Å². The van der Waals surface area contributed by atoms with Crippen LogP contribution in [-0.4, -0.2) is 58.5 Å². The minimum Gasteiger partial charge on any atom is -0.394 e. The fourth-order valence-electron chi connectivity index (χ4n) is 2.95. The Morgan fingerprint density at radius 2 is 1.63 bits per heavy atom. The van der Waals surface area contributed by atoms with Crippen LogP contribution < -0.4 is 5.32 Å². The van der Waals surface area contributed by atoms with Crippen LogP contribution in [0.1, 0.15) is 15.9 Å². The van der Waals surface area contributed by atoms with Crippen LogP contribution in [0, 0.1) is 0 Å². The second kappa shape index (κ2) is 9.07. The van der Waals surface area contributed by atoms with Gasteiger partial charge in [-0.2, -0.15) is 0 Å². The van der Waals surface area contributed by atoms with Gasteiger partial charge in [0.2, 0.25) is 0 Å². The Morgan fingerprint density at radius 1 is 1.00 bits per heavy atom. The molecule has 1 heterocycles. The molecule has 0 spiro atoms. The van der Waals surface area contributed by atoms with E-state index in [1.54, 1.807) is 30.3 Å². The van der Waals surface area contributed by atoms with Gasteiger partial charge in [0, 0.05) is 5.56 Å². The number of ether oxygens (including phenoxy) is 2. The maximum absolute atomic E-state index is 12.5. The van der Waals surface area contributed by atoms with Crippen molar-refractivity contribution in [3.8, 4) is 0 Å². The molecule has 0 radical (unpaired) electrons. The predicted octanol–water partition coefficient (Wildman–Crippen LogP) is 0.441. The number of aliphatic hydroxyl groups is 3. The van der Waals surface area contributed by atoms with E-state index in [-0.39, 0.29) is 6.61 Å². The van der Waals surface area contributed by atoms with Crippen molar-refractivity contribution in [2.75, 3.05) is 6.61 Å². The molecule has 1 amide bonds. The van der Waals surface area contributed by atoms with E-state index in [4.69, 9.17) is 9.47 Å². The van der Waals surface area contributed by atoms with E-state index >= 15 is 0 Å². The molecule has 0 aliphatic carbocycles. The highest BCUT2D eigenvalue weighted by Crippen LogP contribution is 2.23. The van der Waals surface area contributed by atoms with Crippen molar-refractivity contribution in [3.63, 3.8) is 0 Å². The fourth-order valence-corrected chi connectivity index (χ4v) is 2.95. The first-order chi connectivity index (χ1) is 13.1. The van der Waals surface area contributed by atoms with Gasteiger partial charge in [-0.3, -0.25) is 4.79 Å². The van der Waals surface area contributed by atoms with E-state index in [1.807, 2.05) is 30.3 Å². The highest BCUT2D eigenvalue weighted by Gasteiger charge is 2.45. The van der Waals surface area contributed by atoms with Crippen molar-refractivity contribution in [3.05, 3.63) is 71.8 Å². The zero-order valence-electron chi connectivity index (χ0n) is 14.6. The molecule has 1 fully saturated rings. The molecule has 2 aromatic rings. The largest absolute Gasteiger partial charge is 0.394 e. The first-order valence-electron chi connectivity index (χ1n) is 8.74. The molecule has 7 nitrogen and oxygen atoms in total. The highest BCUT2D eigenvalue weighted by atomic mass is 16.7. The third-order valence-corrected chi connectivity index (χ3v) is 4.47. The van der Waals surface area contributed by atoms with Crippen LogP contribution in [0.2, 0.25) is 0 Å². The lowest BCUT2D eigenvalue weighted by Crippen LogP contribution is -2.64. The first-order valence-corrected chi connectivity index (χ1v) is 8.74. The molecule has 5 unspecified atom stereocenters. The molecule has 0 saturated carbocycles. The van der Waals surface area contributed by atoms with E-state index in [0.29, 0.717) is 5.56 Å². The summed E-state index contributed by atoms with van der Waals surface area (Å²) in [7, 11) is 0. The van der Waals surface area contributed by atoms with Crippen molar-refractivity contribution in [2.45, 2.75) is 37.3 Å². The zero-order chi connectivity index (χ0) is 19.2. The molecule has 1 saturated heterocycles. The molecule has 5 atom stereocenters. The number of carbonyl (C=O) groups excluding carboxylic acids is 1. The number of amides is 1. The van der Waals surface area contributed by atoms with E-state index in [1.165, 1.54) is 0 Å². The summed E-state index contributed by atoms with van der Waals surface area (Å²) in [5.41, 5.74) is 1.29. The topological polar surface area (TPSA) is 108 Å². The number of rotatable bonds is 6. The predicted molar refractivity (Wildman–Crippen MR) is 96.7 cm³/mol. The summed E-state index contributed by atoms with van der Waals surface area (Å²) < 4.78 is 11.3. The first kappa shape index (κ1) is 19.5. The third kappa shape index (κ3) is 4.71. The number of benzene rings is 2. The molecule has 27 heavy (non-hydrogen) atoms. The lowest BCUT2D eigenvalue weighted by Gasteiger charge is -2.42. The minimum absolute atomic E-state index is 0.185. The number of hydrogen-bond donors (Lipinski definition) is 4. The Hall–Kier alpha value is -2.29. The third-order valence-electron chi connectivity index (χ3n) is 4.47. The molecule has 2 aromatic carbocycles. The van der Waals surface area contributed by atoms with Gasteiger partial charge in [-0.25, -0.2) is 0 Å². The maximum Gasteiger partial charge on any atom is 0.251 e. The smallest absolute Gasteiger partial charge is 0.251 e. The summed E-state index contributed by atoms with van der Waals surface area (Å²) in [4.78, 5) is 12.5. The van der Waals surface area contributed by atoms with Gasteiger partial charge in [0.15, 0.2) is 6.29 Å². The van der Waals surface area contributed by atoms with Crippen LogP contribution in [0.5, 0.6) is 0 Å². The van der Waals surface area contributed by atoms with Gasteiger partial charge in [-0.05, 0) is 17.7 Å². The SMILES string of the molecule is O=C(NC1C(OCc2ccccc2)OC(CO)C(O)C1O)c1ccccc1. The Labute approximate surface area is 157 Å². The van der Waals surface area contributed by atoms with Crippen LogP contribution >= 0.6 is 0 Å². The average Bonchev–Trinajstić information content (AvgIpc) is 2.72. The Morgan fingerprint density at radius 3 is 2.26 bits per heavy atom. The van der Waals surface area contributed by atoms with Gasteiger partial charge in [0.25, 0.3) is 5.91 Å². The second-order valence-electron chi connectivity index (χ2n) is 6.37. The van der Waals surface area contributed by atoms with Crippen molar-refractivity contribution in [2.24, 2.45) is 0 Å². The van der Waals surface area contributed by atoms with E-state index in [9.17, 15) is 20.1 Å². The summed E-state index contributed by atoms with van der Waals surface area (Å²) >= 11 is 0. The van der Waals surface area contributed by atoms with E-state index < -0.39 is 43.2 Å².